The van der Waals surface area contributed by atoms with E-state index >= 15 is 0 Å². The Balaban J connectivity index is 0.000000861. The van der Waals surface area contributed by atoms with Crippen LogP contribution in [0.1, 0.15) is 31.9 Å². The first-order chi connectivity index (χ1) is 9.08. The molecule has 0 atom stereocenters. The van der Waals surface area contributed by atoms with Gasteiger partial charge in [-0.15, -0.1) is 6.42 Å². The van der Waals surface area contributed by atoms with Crippen LogP contribution in [0.4, 0.5) is 4.39 Å². The van der Waals surface area contributed by atoms with Gasteiger partial charge in [0.25, 0.3) is 0 Å². The highest BCUT2D eigenvalue weighted by Gasteiger charge is 2.14. The molecular weight excluding hydrogens is 243 g/mol. The number of hydrogen-bond acceptors (Lipinski definition) is 2. The molecule has 0 fully saturated rings. The van der Waals surface area contributed by atoms with Crippen molar-refractivity contribution >= 4 is 10.8 Å². The van der Waals surface area contributed by atoms with E-state index in [9.17, 15) is 14.6 Å². The van der Waals surface area contributed by atoms with Crippen molar-refractivity contribution in [2.45, 2.75) is 27.2 Å². The minimum Gasteiger partial charge on any atom is -0.508 e. The lowest BCUT2D eigenvalue weighted by atomic mass is 9.96. The fourth-order valence-electron chi connectivity index (χ4n) is 1.99. The zero-order valence-electron chi connectivity index (χ0n) is 11.3. The fourth-order valence-corrected chi connectivity index (χ4v) is 1.99. The number of benzene rings is 2. The Bertz CT molecular complexity index is 639. The van der Waals surface area contributed by atoms with E-state index in [1.54, 1.807) is 6.07 Å². The highest BCUT2D eigenvalue weighted by Crippen LogP contribution is 2.33. The molecule has 0 aliphatic carbocycles. The van der Waals surface area contributed by atoms with Gasteiger partial charge < -0.3 is 10.2 Å². The van der Waals surface area contributed by atoms with Crippen molar-refractivity contribution in [2.75, 3.05) is 0 Å². The molecule has 2 nitrogen and oxygen atoms in total. The maximum Gasteiger partial charge on any atom is 0.181 e. The predicted octanol–water partition coefficient (Wildman–Crippen LogP) is 3.96. The molecule has 0 aliphatic heterocycles. The molecule has 0 aliphatic rings. The lowest BCUT2D eigenvalue weighted by Crippen LogP contribution is -1.92. The standard InChI is InChI=1S/C14H11FO2.C2H6/c1-3-8-5-10(16)6-9-7-12(17)14(15)11(4-2)13(8)9;1-2/h2,5-7,16-17H,3H2,1H3;1-2H3. The molecule has 0 heterocycles. The van der Waals surface area contributed by atoms with Gasteiger partial charge >= 0.3 is 0 Å². The molecule has 100 valence electrons. The van der Waals surface area contributed by atoms with Crippen molar-refractivity contribution < 1.29 is 14.6 Å². The Labute approximate surface area is 112 Å². The van der Waals surface area contributed by atoms with Gasteiger partial charge in [-0.1, -0.05) is 26.7 Å². The summed E-state index contributed by atoms with van der Waals surface area (Å²) in [6.45, 7) is 5.89. The molecule has 0 unspecified atom stereocenters. The Morgan fingerprint density at radius 3 is 2.37 bits per heavy atom. The van der Waals surface area contributed by atoms with Crippen LogP contribution in [0, 0.1) is 18.2 Å². The van der Waals surface area contributed by atoms with Crippen LogP contribution in [0.15, 0.2) is 18.2 Å². The van der Waals surface area contributed by atoms with Crippen molar-refractivity contribution in [3.8, 4) is 23.8 Å². The van der Waals surface area contributed by atoms with Gasteiger partial charge in [-0.05, 0) is 35.6 Å². The summed E-state index contributed by atoms with van der Waals surface area (Å²) in [6.07, 6.45) is 5.90. The highest BCUT2D eigenvalue weighted by atomic mass is 19.1. The third-order valence-electron chi connectivity index (χ3n) is 2.75. The minimum absolute atomic E-state index is 0.0388. The summed E-state index contributed by atoms with van der Waals surface area (Å²) in [5, 5.41) is 20.1. The Morgan fingerprint density at radius 1 is 1.21 bits per heavy atom. The quantitative estimate of drug-likeness (QED) is 0.762. The molecule has 0 saturated heterocycles. The van der Waals surface area contributed by atoms with Crippen molar-refractivity contribution in [1.82, 2.24) is 0 Å². The van der Waals surface area contributed by atoms with E-state index in [4.69, 9.17) is 6.42 Å². The number of phenolic OH excluding ortho intramolecular Hbond substituents is 2. The molecule has 19 heavy (non-hydrogen) atoms. The predicted molar refractivity (Wildman–Crippen MR) is 75.9 cm³/mol. The molecular formula is C16H17FO2. The molecule has 2 rings (SSSR count). The third-order valence-corrected chi connectivity index (χ3v) is 2.75. The largest absolute Gasteiger partial charge is 0.508 e. The van der Waals surface area contributed by atoms with Gasteiger partial charge in [0.15, 0.2) is 11.6 Å². The number of aryl methyl sites for hydroxylation is 1. The maximum absolute atomic E-state index is 13.7. The number of rotatable bonds is 1. The first-order valence-corrected chi connectivity index (χ1v) is 6.22. The lowest BCUT2D eigenvalue weighted by molar-refractivity contribution is 0.433. The molecule has 0 saturated carbocycles. The second kappa shape index (κ2) is 6.10. The average molecular weight is 260 g/mol. The van der Waals surface area contributed by atoms with Gasteiger partial charge in [0, 0.05) is 5.39 Å². The van der Waals surface area contributed by atoms with E-state index < -0.39 is 11.6 Å². The number of terminal acetylenes is 1. The van der Waals surface area contributed by atoms with Crippen LogP contribution >= 0.6 is 0 Å². The van der Waals surface area contributed by atoms with E-state index in [0.717, 1.165) is 5.56 Å². The zero-order chi connectivity index (χ0) is 14.6. The van der Waals surface area contributed by atoms with Gasteiger partial charge in [0.05, 0.1) is 5.56 Å². The number of halogens is 1. The minimum atomic E-state index is -0.791. The number of fused-ring (bicyclic) bond motifs is 1. The molecule has 0 amide bonds. The van der Waals surface area contributed by atoms with Crippen LogP contribution in [0.3, 0.4) is 0 Å². The molecule has 3 heteroatoms. The van der Waals surface area contributed by atoms with Crippen molar-refractivity contribution in [1.29, 1.82) is 0 Å². The van der Waals surface area contributed by atoms with Gasteiger partial charge in [0.1, 0.15) is 5.75 Å². The maximum atomic E-state index is 13.7. The molecule has 2 aromatic carbocycles. The smallest absolute Gasteiger partial charge is 0.181 e. The third kappa shape index (κ3) is 2.63. The second-order valence-corrected chi connectivity index (χ2v) is 3.79. The van der Waals surface area contributed by atoms with Crippen LogP contribution in [0.5, 0.6) is 11.5 Å². The number of hydrogen-bond donors (Lipinski definition) is 2. The zero-order valence-corrected chi connectivity index (χ0v) is 11.3. The van der Waals surface area contributed by atoms with E-state index in [2.05, 4.69) is 5.92 Å². The Kier molecular flexibility index (Phi) is 4.77. The molecule has 2 aromatic rings. The van der Waals surface area contributed by atoms with Gasteiger partial charge in [-0.2, -0.15) is 0 Å². The van der Waals surface area contributed by atoms with E-state index in [1.807, 2.05) is 20.8 Å². The van der Waals surface area contributed by atoms with Crippen LogP contribution in [0.25, 0.3) is 10.8 Å². The normalized spacial score (nSPS) is 9.63. The summed E-state index contributed by atoms with van der Waals surface area (Å²) >= 11 is 0. The SMILES string of the molecule is C#Cc1c(F)c(O)cc2cc(O)cc(CC)c12.CC. The molecule has 0 bridgehead atoms. The summed E-state index contributed by atoms with van der Waals surface area (Å²) in [5.41, 5.74) is 0.795. The Morgan fingerprint density at radius 2 is 1.84 bits per heavy atom. The first kappa shape index (κ1) is 14.8. The van der Waals surface area contributed by atoms with Gasteiger partial charge in [-0.25, -0.2) is 4.39 Å². The number of aromatic hydroxyl groups is 2. The van der Waals surface area contributed by atoms with E-state index in [-0.39, 0.29) is 11.3 Å². The van der Waals surface area contributed by atoms with Crippen molar-refractivity contribution in [3.05, 3.63) is 35.1 Å². The topological polar surface area (TPSA) is 40.5 Å². The van der Waals surface area contributed by atoms with Crippen LogP contribution in [0.2, 0.25) is 0 Å². The average Bonchev–Trinajstić information content (AvgIpc) is 2.42. The highest BCUT2D eigenvalue weighted by molar-refractivity contribution is 5.93. The molecule has 0 aromatic heterocycles. The van der Waals surface area contributed by atoms with E-state index in [1.165, 1.54) is 12.1 Å². The molecule has 2 N–H and O–H groups in total. The number of phenols is 2. The van der Waals surface area contributed by atoms with Crippen molar-refractivity contribution in [3.63, 3.8) is 0 Å². The summed E-state index contributed by atoms with van der Waals surface area (Å²) in [6, 6.07) is 4.28. The lowest BCUT2D eigenvalue weighted by Gasteiger charge is -2.10. The first-order valence-electron chi connectivity index (χ1n) is 6.22. The molecule has 0 spiro atoms. The summed E-state index contributed by atoms with van der Waals surface area (Å²) in [7, 11) is 0. The van der Waals surface area contributed by atoms with E-state index in [0.29, 0.717) is 17.2 Å². The van der Waals surface area contributed by atoms with Gasteiger partial charge in [-0.3, -0.25) is 0 Å². The van der Waals surface area contributed by atoms with Gasteiger partial charge in [0.2, 0.25) is 0 Å². The summed E-state index contributed by atoms with van der Waals surface area (Å²) < 4.78 is 13.7. The fraction of sp³-hybridized carbons (Fsp3) is 0.250. The summed E-state index contributed by atoms with van der Waals surface area (Å²) in [5.74, 6) is 1.04. The van der Waals surface area contributed by atoms with Crippen LogP contribution in [-0.4, -0.2) is 10.2 Å². The molecule has 0 radical (unpaired) electrons. The second-order valence-electron chi connectivity index (χ2n) is 3.79. The summed E-state index contributed by atoms with van der Waals surface area (Å²) in [4.78, 5) is 0. The monoisotopic (exact) mass is 260 g/mol. The van der Waals surface area contributed by atoms with Crippen LogP contribution in [-0.2, 0) is 6.42 Å². The Hall–Kier alpha value is -2.21. The van der Waals surface area contributed by atoms with Crippen molar-refractivity contribution in [2.24, 2.45) is 0 Å². The van der Waals surface area contributed by atoms with Crippen LogP contribution < -0.4 is 0 Å².